The molecule has 0 saturated heterocycles. The molecule has 0 unspecified atom stereocenters. The van der Waals surface area contributed by atoms with Crippen LogP contribution in [0, 0.1) is 0 Å². The van der Waals surface area contributed by atoms with Gasteiger partial charge in [0.1, 0.15) is 12.4 Å². The molecule has 4 nitrogen and oxygen atoms in total. The van der Waals surface area contributed by atoms with E-state index in [2.05, 4.69) is 48.2 Å². The fourth-order valence-electron chi connectivity index (χ4n) is 3.70. The third-order valence-electron chi connectivity index (χ3n) is 5.37. The molecule has 0 atom stereocenters. The van der Waals surface area contributed by atoms with E-state index in [4.69, 9.17) is 4.74 Å². The summed E-state index contributed by atoms with van der Waals surface area (Å²) in [7, 11) is 2.59. The van der Waals surface area contributed by atoms with Crippen molar-refractivity contribution in [2.75, 3.05) is 27.2 Å². The number of allylic oxidation sites excluding steroid dienone is 1. The van der Waals surface area contributed by atoms with Crippen LogP contribution in [0.15, 0.2) is 78.9 Å². The minimum atomic E-state index is -1.47. The number of likely N-dealkylation sites (N-methyl/N-ethyl adjacent to an activating group) is 1. The van der Waals surface area contributed by atoms with E-state index in [1.54, 1.807) is 12.1 Å². The van der Waals surface area contributed by atoms with Gasteiger partial charge < -0.3 is 19.7 Å². The van der Waals surface area contributed by atoms with Crippen molar-refractivity contribution in [3.05, 3.63) is 95.6 Å². The van der Waals surface area contributed by atoms with Crippen molar-refractivity contribution in [1.29, 1.82) is 0 Å². The van der Waals surface area contributed by atoms with E-state index in [0.29, 0.717) is 12.1 Å². The molecule has 3 aromatic rings. The molecule has 0 fully saturated rings. The van der Waals surface area contributed by atoms with Crippen molar-refractivity contribution in [3.63, 3.8) is 0 Å². The Bertz CT molecular complexity index is 997. The van der Waals surface area contributed by atoms with Crippen LogP contribution >= 0.6 is 0 Å². The summed E-state index contributed by atoms with van der Waals surface area (Å²) in [4.78, 5) is 2.10. The maximum atomic E-state index is 9.50. The van der Waals surface area contributed by atoms with Crippen LogP contribution in [0.25, 0.3) is 11.1 Å². The molecule has 0 heterocycles. The predicted octanol–water partition coefficient (Wildman–Crippen LogP) is 4.07. The molecule has 32 heavy (non-hydrogen) atoms. The minimum Gasteiger partial charge on any atom is -0.492 e. The van der Waals surface area contributed by atoms with Gasteiger partial charge in [-0.3, -0.25) is 0 Å². The van der Waals surface area contributed by atoms with Gasteiger partial charge >= 0.3 is 7.12 Å². The molecule has 2 N–H and O–H groups in total. The molecule has 166 valence electrons. The smallest absolute Gasteiger partial charge is 0.488 e. The zero-order valence-electron chi connectivity index (χ0n) is 19.2. The maximum Gasteiger partial charge on any atom is 0.488 e. The van der Waals surface area contributed by atoms with Gasteiger partial charge in [0.2, 0.25) is 0 Å². The molecule has 3 rings (SSSR count). The van der Waals surface area contributed by atoms with E-state index >= 15 is 0 Å². The molecule has 0 aromatic heterocycles. The Morgan fingerprint density at radius 1 is 0.812 bits per heavy atom. The minimum absolute atomic E-state index is 0.481. The van der Waals surface area contributed by atoms with Crippen molar-refractivity contribution in [2.24, 2.45) is 0 Å². The highest BCUT2D eigenvalue weighted by molar-refractivity contribution is 6.58. The van der Waals surface area contributed by atoms with E-state index in [1.807, 2.05) is 44.4 Å². The molecular weight excluding hydrogens is 397 g/mol. The Balaban J connectivity index is 2.06. The van der Waals surface area contributed by atoms with E-state index in [1.165, 1.54) is 11.1 Å². The monoisotopic (exact) mass is 429 g/mol. The van der Waals surface area contributed by atoms with Gasteiger partial charge in [-0.25, -0.2) is 0 Å². The highest BCUT2D eigenvalue weighted by Gasteiger charge is 2.16. The molecule has 0 aliphatic rings. The van der Waals surface area contributed by atoms with E-state index in [9.17, 15) is 10.0 Å². The summed E-state index contributed by atoms with van der Waals surface area (Å²) in [5.41, 5.74) is 6.25. The Morgan fingerprint density at radius 2 is 1.41 bits per heavy atom. The number of nitrogens with zero attached hydrogens (tertiary/aromatic N) is 1. The van der Waals surface area contributed by atoms with E-state index < -0.39 is 7.12 Å². The van der Waals surface area contributed by atoms with Gasteiger partial charge in [0.25, 0.3) is 0 Å². The number of benzene rings is 3. The average Bonchev–Trinajstić information content (AvgIpc) is 2.80. The van der Waals surface area contributed by atoms with Crippen LogP contribution in [0.3, 0.4) is 0 Å². The largest absolute Gasteiger partial charge is 0.492 e. The van der Waals surface area contributed by atoms with Crippen LogP contribution in [0.1, 0.15) is 36.5 Å². The van der Waals surface area contributed by atoms with Gasteiger partial charge in [0, 0.05) is 6.54 Å². The SMILES string of the molecule is CCC/C(=C(/c1ccc(OCCN(C)C)cc1)c1ccc(B(O)O)cc1)c1ccccc1. The van der Waals surface area contributed by atoms with Crippen molar-refractivity contribution in [2.45, 2.75) is 19.8 Å². The molecule has 0 bridgehead atoms. The molecule has 0 aliphatic heterocycles. The number of hydrogen-bond acceptors (Lipinski definition) is 4. The second kappa shape index (κ2) is 11.7. The first kappa shape index (κ1) is 23.8. The first-order chi connectivity index (χ1) is 15.5. The van der Waals surface area contributed by atoms with Crippen molar-refractivity contribution in [1.82, 2.24) is 4.90 Å². The van der Waals surface area contributed by atoms with Gasteiger partial charge in [0.05, 0.1) is 0 Å². The lowest BCUT2D eigenvalue weighted by Crippen LogP contribution is -2.29. The highest BCUT2D eigenvalue weighted by Crippen LogP contribution is 2.35. The number of rotatable bonds is 10. The first-order valence-corrected chi connectivity index (χ1v) is 11.1. The van der Waals surface area contributed by atoms with Gasteiger partial charge in [0.15, 0.2) is 0 Å². The van der Waals surface area contributed by atoms with Crippen LogP contribution in [0.2, 0.25) is 0 Å². The molecule has 0 radical (unpaired) electrons. The summed E-state index contributed by atoms with van der Waals surface area (Å²) < 4.78 is 5.88. The standard InChI is InChI=1S/C27H32BNO3/c1-4-8-26(21-9-6-5-7-10-21)27(22-11-15-24(16-12-22)28(30)31)23-13-17-25(18-14-23)32-20-19-29(2)3/h5-7,9-18,30-31H,4,8,19-20H2,1-3H3/b27-26-. The quantitative estimate of drug-likeness (QED) is 0.377. The van der Waals surface area contributed by atoms with Crippen molar-refractivity contribution < 1.29 is 14.8 Å². The second-order valence-electron chi connectivity index (χ2n) is 8.14. The summed E-state index contributed by atoms with van der Waals surface area (Å²) in [6.07, 6.45) is 1.96. The van der Waals surface area contributed by atoms with Crippen molar-refractivity contribution >= 4 is 23.7 Å². The third-order valence-corrected chi connectivity index (χ3v) is 5.37. The van der Waals surface area contributed by atoms with E-state index in [-0.39, 0.29) is 0 Å². The van der Waals surface area contributed by atoms with Crippen molar-refractivity contribution in [3.8, 4) is 5.75 Å². The second-order valence-corrected chi connectivity index (χ2v) is 8.14. The van der Waals surface area contributed by atoms with Gasteiger partial charge in [-0.15, -0.1) is 0 Å². The molecule has 5 heteroatoms. The zero-order valence-corrected chi connectivity index (χ0v) is 19.2. The van der Waals surface area contributed by atoms with Crippen LogP contribution < -0.4 is 10.2 Å². The molecular formula is C27H32BNO3. The lowest BCUT2D eigenvalue weighted by atomic mass is 9.79. The van der Waals surface area contributed by atoms with Gasteiger partial charge in [-0.05, 0) is 65.9 Å². The molecule has 0 spiro atoms. The van der Waals surface area contributed by atoms with Crippen LogP contribution in [-0.4, -0.2) is 49.3 Å². The number of ether oxygens (including phenoxy) is 1. The first-order valence-electron chi connectivity index (χ1n) is 11.1. The normalized spacial score (nSPS) is 11.9. The fraction of sp³-hybridized carbons (Fsp3) is 0.259. The van der Waals surface area contributed by atoms with Gasteiger partial charge in [-0.1, -0.05) is 80.1 Å². The Morgan fingerprint density at radius 3 is 1.94 bits per heavy atom. The molecule has 0 aliphatic carbocycles. The lowest BCUT2D eigenvalue weighted by Gasteiger charge is -2.18. The average molecular weight is 429 g/mol. The summed E-state index contributed by atoms with van der Waals surface area (Å²) in [6.45, 7) is 3.70. The van der Waals surface area contributed by atoms with E-state index in [0.717, 1.165) is 41.8 Å². The summed E-state index contributed by atoms with van der Waals surface area (Å²) in [6, 6.07) is 26.2. The summed E-state index contributed by atoms with van der Waals surface area (Å²) >= 11 is 0. The molecule has 0 amide bonds. The predicted molar refractivity (Wildman–Crippen MR) is 134 cm³/mol. The highest BCUT2D eigenvalue weighted by atomic mass is 16.5. The summed E-state index contributed by atoms with van der Waals surface area (Å²) in [5.74, 6) is 0.852. The fourth-order valence-corrected chi connectivity index (χ4v) is 3.70. The van der Waals surface area contributed by atoms with Crippen LogP contribution in [0.4, 0.5) is 0 Å². The maximum absolute atomic E-state index is 9.50. The topological polar surface area (TPSA) is 52.9 Å². The van der Waals surface area contributed by atoms with Crippen LogP contribution in [-0.2, 0) is 0 Å². The third kappa shape index (κ3) is 6.33. The summed E-state index contributed by atoms with van der Waals surface area (Å²) in [5, 5.41) is 19.0. The Labute approximate surface area is 191 Å². The number of hydrogen-bond donors (Lipinski definition) is 2. The lowest BCUT2D eigenvalue weighted by molar-refractivity contribution is 0.261. The van der Waals surface area contributed by atoms with Crippen LogP contribution in [0.5, 0.6) is 5.75 Å². The zero-order chi connectivity index (χ0) is 22.9. The molecule has 3 aromatic carbocycles. The Kier molecular flexibility index (Phi) is 8.68. The Hall–Kier alpha value is -2.86. The molecule has 0 saturated carbocycles. The van der Waals surface area contributed by atoms with Gasteiger partial charge in [-0.2, -0.15) is 0 Å².